The Bertz CT molecular complexity index is 1150. The van der Waals surface area contributed by atoms with Gasteiger partial charge in [-0.1, -0.05) is 0 Å². The fourth-order valence-electron chi connectivity index (χ4n) is 4.16. The molecule has 2 amide bonds. The van der Waals surface area contributed by atoms with Crippen LogP contribution in [0.2, 0.25) is 0 Å². The van der Waals surface area contributed by atoms with Crippen LogP contribution in [-0.4, -0.2) is 50.7 Å². The Morgan fingerprint density at radius 1 is 1.26 bits per heavy atom. The zero-order valence-electron chi connectivity index (χ0n) is 17.3. The van der Waals surface area contributed by atoms with Crippen molar-refractivity contribution in [2.45, 2.75) is 51.6 Å². The third-order valence-corrected chi connectivity index (χ3v) is 6.98. The summed E-state index contributed by atoms with van der Waals surface area (Å²) in [4.78, 5) is 35.6. The summed E-state index contributed by atoms with van der Waals surface area (Å²) in [5.74, 6) is -0.216. The smallest absolute Gasteiger partial charge is 0.296 e. The first-order chi connectivity index (χ1) is 15.1. The molecule has 1 unspecified atom stereocenters. The minimum Gasteiger partial charge on any atom is -0.376 e. The summed E-state index contributed by atoms with van der Waals surface area (Å²) in [6.07, 6.45) is 7.59. The number of nitrogens with zero attached hydrogens (tertiary/aromatic N) is 4. The van der Waals surface area contributed by atoms with Crippen molar-refractivity contribution in [2.75, 3.05) is 18.5 Å². The molecule has 31 heavy (non-hydrogen) atoms. The number of fused-ring (bicyclic) bond motifs is 2. The molecule has 1 aliphatic heterocycles. The van der Waals surface area contributed by atoms with Gasteiger partial charge in [-0.15, -0.1) is 16.4 Å². The highest BCUT2D eigenvalue weighted by Crippen LogP contribution is 2.38. The van der Waals surface area contributed by atoms with Crippen LogP contribution in [0.1, 0.15) is 62.8 Å². The minimum absolute atomic E-state index is 0.0267. The highest BCUT2D eigenvalue weighted by Gasteiger charge is 2.28. The molecule has 1 saturated heterocycles. The van der Waals surface area contributed by atoms with Gasteiger partial charge in [0.25, 0.3) is 17.6 Å². The van der Waals surface area contributed by atoms with E-state index in [0.29, 0.717) is 22.9 Å². The molecular weight excluding hydrogens is 416 g/mol. The van der Waals surface area contributed by atoms with Gasteiger partial charge in [0.15, 0.2) is 0 Å². The van der Waals surface area contributed by atoms with E-state index in [-0.39, 0.29) is 17.8 Å². The van der Waals surface area contributed by atoms with Crippen LogP contribution >= 0.6 is 11.3 Å². The molecule has 0 bridgehead atoms. The van der Waals surface area contributed by atoms with Crippen molar-refractivity contribution in [1.82, 2.24) is 24.9 Å². The van der Waals surface area contributed by atoms with Crippen LogP contribution in [0.5, 0.6) is 0 Å². The number of aromatic nitrogens is 4. The Labute approximate surface area is 183 Å². The lowest BCUT2D eigenvalue weighted by molar-refractivity contribution is 0.0858. The fourth-order valence-corrected chi connectivity index (χ4v) is 5.44. The van der Waals surface area contributed by atoms with Crippen LogP contribution < -0.4 is 10.6 Å². The van der Waals surface area contributed by atoms with Gasteiger partial charge < -0.3 is 15.4 Å². The Balaban J connectivity index is 1.40. The van der Waals surface area contributed by atoms with E-state index in [9.17, 15) is 9.59 Å². The average molecular weight is 441 g/mol. The van der Waals surface area contributed by atoms with Crippen molar-refractivity contribution < 1.29 is 14.3 Å². The van der Waals surface area contributed by atoms with E-state index >= 15 is 0 Å². The predicted octanol–water partition coefficient (Wildman–Crippen LogP) is 2.53. The van der Waals surface area contributed by atoms with E-state index in [0.717, 1.165) is 56.4 Å². The van der Waals surface area contributed by atoms with Crippen molar-refractivity contribution >= 4 is 33.9 Å². The lowest BCUT2D eigenvalue weighted by Crippen LogP contribution is -2.32. The molecule has 0 aromatic carbocycles. The Kier molecular flexibility index (Phi) is 5.41. The molecule has 9 nitrogen and oxygen atoms in total. The van der Waals surface area contributed by atoms with Gasteiger partial charge in [0.05, 0.1) is 11.7 Å². The Morgan fingerprint density at radius 3 is 2.94 bits per heavy atom. The number of anilines is 1. The van der Waals surface area contributed by atoms with Crippen molar-refractivity contribution in [3.8, 4) is 0 Å². The Morgan fingerprint density at radius 2 is 2.13 bits per heavy atom. The predicted molar refractivity (Wildman–Crippen MR) is 116 cm³/mol. The second-order valence-corrected chi connectivity index (χ2v) is 9.05. The first-order valence-corrected chi connectivity index (χ1v) is 11.5. The summed E-state index contributed by atoms with van der Waals surface area (Å²) in [5.41, 5.74) is 2.46. The molecule has 5 rings (SSSR count). The highest BCUT2D eigenvalue weighted by atomic mass is 32.1. The highest BCUT2D eigenvalue weighted by molar-refractivity contribution is 7.17. The summed E-state index contributed by atoms with van der Waals surface area (Å²) in [6, 6.07) is 1.80. The van der Waals surface area contributed by atoms with Gasteiger partial charge in [0.2, 0.25) is 5.82 Å². The maximum absolute atomic E-state index is 13.1. The summed E-state index contributed by atoms with van der Waals surface area (Å²) in [7, 11) is 0. The largest absolute Gasteiger partial charge is 0.376 e. The fraction of sp³-hybridized carbons (Fsp3) is 0.476. The van der Waals surface area contributed by atoms with Crippen LogP contribution in [0.4, 0.5) is 5.00 Å². The van der Waals surface area contributed by atoms with Gasteiger partial charge in [-0.05, 0) is 57.1 Å². The van der Waals surface area contributed by atoms with Crippen LogP contribution in [0.15, 0.2) is 12.3 Å². The molecule has 10 heteroatoms. The van der Waals surface area contributed by atoms with Gasteiger partial charge in [-0.3, -0.25) is 9.59 Å². The second kappa shape index (κ2) is 8.35. The first kappa shape index (κ1) is 20.1. The third kappa shape index (κ3) is 3.92. The van der Waals surface area contributed by atoms with E-state index in [1.807, 2.05) is 6.92 Å². The SMILES string of the molecule is Cc1ccnc2nc(C(=O)Nc3sc4c(c3C(=O)NCC3CCCO3)CCCC4)nn12. The van der Waals surface area contributed by atoms with Crippen molar-refractivity contribution in [3.63, 3.8) is 0 Å². The molecule has 1 aliphatic carbocycles. The zero-order valence-corrected chi connectivity index (χ0v) is 18.1. The normalized spacial score (nSPS) is 18.2. The van der Waals surface area contributed by atoms with Gasteiger partial charge in [-0.25, -0.2) is 9.50 Å². The molecule has 0 radical (unpaired) electrons. The number of rotatable bonds is 5. The Hall–Kier alpha value is -2.85. The summed E-state index contributed by atoms with van der Waals surface area (Å²) >= 11 is 1.48. The number of carbonyl (C=O) groups is 2. The molecule has 0 saturated carbocycles. The first-order valence-electron chi connectivity index (χ1n) is 10.6. The standard InChI is InChI=1S/C21H24N6O3S/c1-12-8-9-22-21-24-17(26-27(12)21)19(29)25-20-16(14-6-2-3-7-15(14)31-20)18(28)23-11-13-5-4-10-30-13/h8-9,13H,2-7,10-11H2,1H3,(H,23,28)(H,25,29). The van der Waals surface area contributed by atoms with Crippen molar-refractivity contribution in [3.05, 3.63) is 39.8 Å². The monoisotopic (exact) mass is 440 g/mol. The molecule has 1 fully saturated rings. The van der Waals surface area contributed by atoms with Gasteiger partial charge in [0.1, 0.15) is 5.00 Å². The number of hydrogen-bond donors (Lipinski definition) is 2. The number of hydrogen-bond acceptors (Lipinski definition) is 7. The average Bonchev–Trinajstić information content (AvgIpc) is 3.50. The van der Waals surface area contributed by atoms with Crippen molar-refractivity contribution in [2.24, 2.45) is 0 Å². The zero-order chi connectivity index (χ0) is 21.4. The second-order valence-electron chi connectivity index (χ2n) is 7.95. The molecule has 3 aromatic rings. The van der Waals surface area contributed by atoms with E-state index in [1.54, 1.807) is 12.3 Å². The van der Waals surface area contributed by atoms with E-state index in [1.165, 1.54) is 20.7 Å². The summed E-state index contributed by atoms with van der Waals surface area (Å²) < 4.78 is 7.15. The van der Waals surface area contributed by atoms with Crippen LogP contribution in [0.25, 0.3) is 5.78 Å². The number of aryl methyl sites for hydroxylation is 2. The van der Waals surface area contributed by atoms with Crippen LogP contribution in [0, 0.1) is 6.92 Å². The molecule has 2 N–H and O–H groups in total. The lowest BCUT2D eigenvalue weighted by Gasteiger charge is -2.15. The summed E-state index contributed by atoms with van der Waals surface area (Å²) in [5, 5.41) is 10.7. The lowest BCUT2D eigenvalue weighted by atomic mass is 9.95. The van der Waals surface area contributed by atoms with Crippen molar-refractivity contribution in [1.29, 1.82) is 0 Å². The molecular formula is C21H24N6O3S. The quantitative estimate of drug-likeness (QED) is 0.631. The van der Waals surface area contributed by atoms with E-state index < -0.39 is 5.91 Å². The summed E-state index contributed by atoms with van der Waals surface area (Å²) in [6.45, 7) is 3.10. The molecule has 1 atom stereocenters. The van der Waals surface area contributed by atoms with Gasteiger partial charge in [-0.2, -0.15) is 4.98 Å². The molecule has 3 aromatic heterocycles. The topological polar surface area (TPSA) is 111 Å². The number of ether oxygens (including phenoxy) is 1. The van der Waals surface area contributed by atoms with Gasteiger partial charge >= 0.3 is 0 Å². The van der Waals surface area contributed by atoms with Crippen LogP contribution in [-0.2, 0) is 17.6 Å². The van der Waals surface area contributed by atoms with E-state index in [4.69, 9.17) is 4.74 Å². The molecule has 2 aliphatic rings. The minimum atomic E-state index is -0.448. The van der Waals surface area contributed by atoms with Crippen LogP contribution in [0.3, 0.4) is 0 Å². The number of amides is 2. The maximum Gasteiger partial charge on any atom is 0.296 e. The third-order valence-electron chi connectivity index (χ3n) is 5.77. The molecule has 162 valence electrons. The van der Waals surface area contributed by atoms with Gasteiger partial charge in [0, 0.05) is 29.9 Å². The van der Waals surface area contributed by atoms with E-state index in [2.05, 4.69) is 25.7 Å². The maximum atomic E-state index is 13.1. The number of nitrogens with one attached hydrogen (secondary N) is 2. The number of thiophene rings is 1. The number of carbonyl (C=O) groups excluding carboxylic acids is 2. The molecule has 4 heterocycles. The molecule has 0 spiro atoms.